The molecule has 0 amide bonds. The minimum atomic E-state index is 0.710. The van der Waals surface area contributed by atoms with E-state index >= 15 is 0 Å². The lowest BCUT2D eigenvalue weighted by Gasteiger charge is -2.41. The predicted molar refractivity (Wildman–Crippen MR) is 88.5 cm³/mol. The lowest BCUT2D eigenvalue weighted by molar-refractivity contribution is 0.146. The molecule has 0 spiro atoms. The summed E-state index contributed by atoms with van der Waals surface area (Å²) in [6.07, 6.45) is 10.2. The minimum Gasteiger partial charge on any atom is -0.317 e. The van der Waals surface area contributed by atoms with E-state index in [1.807, 2.05) is 6.20 Å². The van der Waals surface area contributed by atoms with Crippen molar-refractivity contribution in [3.05, 3.63) is 29.6 Å². The summed E-state index contributed by atoms with van der Waals surface area (Å²) >= 11 is 0. The summed E-state index contributed by atoms with van der Waals surface area (Å²) in [5.41, 5.74) is 2.96. The van der Waals surface area contributed by atoms with Crippen LogP contribution in [-0.2, 0) is 6.42 Å². The number of nitrogens with one attached hydrogen (secondary N) is 1. The summed E-state index contributed by atoms with van der Waals surface area (Å²) in [4.78, 5) is 4.80. The van der Waals surface area contributed by atoms with Gasteiger partial charge in [0.1, 0.15) is 0 Å². The zero-order valence-corrected chi connectivity index (χ0v) is 13.6. The Kier molecular flexibility index (Phi) is 4.95. The third-order valence-electron chi connectivity index (χ3n) is 5.72. The van der Waals surface area contributed by atoms with Crippen LogP contribution < -0.4 is 5.32 Å². The average Bonchev–Trinajstić information content (AvgIpc) is 2.53. The molecule has 3 rings (SSSR count). The Balaban J connectivity index is 1.82. The summed E-state index contributed by atoms with van der Waals surface area (Å²) in [7, 11) is 0. The van der Waals surface area contributed by atoms with Gasteiger partial charge in [0.25, 0.3) is 0 Å². The minimum absolute atomic E-state index is 0.710. The molecule has 1 fully saturated rings. The molecular formula is C19H30N2. The number of rotatable bonds is 4. The lowest BCUT2D eigenvalue weighted by Crippen LogP contribution is -2.37. The van der Waals surface area contributed by atoms with Crippen LogP contribution in [-0.4, -0.2) is 18.1 Å². The van der Waals surface area contributed by atoms with E-state index < -0.39 is 0 Å². The van der Waals surface area contributed by atoms with Gasteiger partial charge in [-0.15, -0.1) is 0 Å². The molecule has 0 saturated heterocycles. The van der Waals surface area contributed by atoms with Gasteiger partial charge in [-0.1, -0.05) is 26.3 Å². The zero-order chi connectivity index (χ0) is 14.7. The highest BCUT2D eigenvalue weighted by Crippen LogP contribution is 2.46. The third kappa shape index (κ3) is 3.31. The van der Waals surface area contributed by atoms with Crippen molar-refractivity contribution in [3.63, 3.8) is 0 Å². The monoisotopic (exact) mass is 286 g/mol. The molecule has 1 aromatic rings. The van der Waals surface area contributed by atoms with Crippen molar-refractivity contribution in [3.8, 4) is 0 Å². The van der Waals surface area contributed by atoms with E-state index in [0.717, 1.165) is 24.3 Å². The van der Waals surface area contributed by atoms with Gasteiger partial charge in [-0.2, -0.15) is 0 Å². The second-order valence-electron chi connectivity index (χ2n) is 7.20. The number of aromatic nitrogens is 1. The fourth-order valence-electron chi connectivity index (χ4n) is 4.63. The SMILES string of the molecule is CCNCC1CCC(C)CC1C1CCCc2cccnc21. The average molecular weight is 286 g/mol. The molecule has 116 valence electrons. The number of nitrogens with zero attached hydrogens (tertiary/aromatic N) is 1. The van der Waals surface area contributed by atoms with Crippen molar-refractivity contribution in [2.75, 3.05) is 13.1 Å². The van der Waals surface area contributed by atoms with Crippen LogP contribution in [0.1, 0.15) is 63.1 Å². The molecule has 2 heteroatoms. The highest BCUT2D eigenvalue weighted by Gasteiger charge is 2.37. The zero-order valence-electron chi connectivity index (χ0n) is 13.6. The molecule has 21 heavy (non-hydrogen) atoms. The molecule has 1 heterocycles. The van der Waals surface area contributed by atoms with Crippen LogP contribution in [0.3, 0.4) is 0 Å². The molecule has 0 aliphatic heterocycles. The Morgan fingerprint density at radius 3 is 3.05 bits per heavy atom. The Bertz CT molecular complexity index is 455. The van der Waals surface area contributed by atoms with E-state index in [1.54, 1.807) is 0 Å². The third-order valence-corrected chi connectivity index (χ3v) is 5.72. The van der Waals surface area contributed by atoms with Crippen LogP contribution in [0.5, 0.6) is 0 Å². The van der Waals surface area contributed by atoms with Gasteiger partial charge in [-0.3, -0.25) is 4.98 Å². The molecule has 4 unspecified atom stereocenters. The number of aryl methyl sites for hydroxylation is 1. The van der Waals surface area contributed by atoms with E-state index in [0.29, 0.717) is 5.92 Å². The Morgan fingerprint density at radius 2 is 2.19 bits per heavy atom. The van der Waals surface area contributed by atoms with Crippen LogP contribution in [0.25, 0.3) is 0 Å². The number of hydrogen-bond donors (Lipinski definition) is 1. The van der Waals surface area contributed by atoms with Gasteiger partial charge in [0.2, 0.25) is 0 Å². The number of hydrogen-bond acceptors (Lipinski definition) is 2. The molecular weight excluding hydrogens is 256 g/mol. The van der Waals surface area contributed by atoms with Crippen LogP contribution in [0, 0.1) is 17.8 Å². The largest absolute Gasteiger partial charge is 0.317 e. The summed E-state index contributed by atoms with van der Waals surface area (Å²) < 4.78 is 0. The Hall–Kier alpha value is -0.890. The first-order chi connectivity index (χ1) is 10.3. The fraction of sp³-hybridized carbons (Fsp3) is 0.737. The van der Waals surface area contributed by atoms with E-state index in [2.05, 4.69) is 31.3 Å². The number of fused-ring (bicyclic) bond motifs is 1. The van der Waals surface area contributed by atoms with Gasteiger partial charge in [-0.25, -0.2) is 0 Å². The quantitative estimate of drug-likeness (QED) is 0.899. The van der Waals surface area contributed by atoms with Crippen molar-refractivity contribution in [1.29, 1.82) is 0 Å². The summed E-state index contributed by atoms with van der Waals surface area (Å²) in [6.45, 7) is 6.96. The maximum Gasteiger partial charge on any atom is 0.0469 e. The Labute approximate surface area is 129 Å². The van der Waals surface area contributed by atoms with Gasteiger partial charge in [0.05, 0.1) is 0 Å². The van der Waals surface area contributed by atoms with Crippen LogP contribution >= 0.6 is 0 Å². The van der Waals surface area contributed by atoms with Crippen LogP contribution in [0.4, 0.5) is 0 Å². The molecule has 0 bridgehead atoms. The first-order valence-corrected chi connectivity index (χ1v) is 8.94. The van der Waals surface area contributed by atoms with Gasteiger partial charge in [0, 0.05) is 17.8 Å². The molecule has 1 saturated carbocycles. The van der Waals surface area contributed by atoms with E-state index in [1.165, 1.54) is 56.3 Å². The van der Waals surface area contributed by atoms with Crippen molar-refractivity contribution < 1.29 is 0 Å². The van der Waals surface area contributed by atoms with Crippen molar-refractivity contribution in [1.82, 2.24) is 10.3 Å². The van der Waals surface area contributed by atoms with Crippen molar-refractivity contribution in [2.24, 2.45) is 17.8 Å². The molecule has 2 aliphatic rings. The first kappa shape index (κ1) is 15.0. The van der Waals surface area contributed by atoms with Gasteiger partial charge in [0.15, 0.2) is 0 Å². The van der Waals surface area contributed by atoms with Crippen molar-refractivity contribution in [2.45, 2.75) is 58.3 Å². The maximum absolute atomic E-state index is 4.80. The summed E-state index contributed by atoms with van der Waals surface area (Å²) in [6, 6.07) is 4.42. The predicted octanol–water partition coefficient (Wildman–Crippen LogP) is 4.16. The first-order valence-electron chi connectivity index (χ1n) is 8.94. The molecule has 0 aromatic carbocycles. The topological polar surface area (TPSA) is 24.9 Å². The van der Waals surface area contributed by atoms with E-state index in [4.69, 9.17) is 4.98 Å². The summed E-state index contributed by atoms with van der Waals surface area (Å²) in [5, 5.41) is 3.61. The smallest absolute Gasteiger partial charge is 0.0469 e. The molecule has 2 nitrogen and oxygen atoms in total. The normalized spacial score (nSPS) is 32.7. The maximum atomic E-state index is 4.80. The van der Waals surface area contributed by atoms with Gasteiger partial charge >= 0.3 is 0 Å². The molecule has 1 N–H and O–H groups in total. The Morgan fingerprint density at radius 1 is 1.29 bits per heavy atom. The fourth-order valence-corrected chi connectivity index (χ4v) is 4.63. The lowest BCUT2D eigenvalue weighted by atomic mass is 9.65. The molecule has 1 aromatic heterocycles. The van der Waals surface area contributed by atoms with Crippen LogP contribution in [0.2, 0.25) is 0 Å². The van der Waals surface area contributed by atoms with Crippen molar-refractivity contribution >= 4 is 0 Å². The van der Waals surface area contributed by atoms with Gasteiger partial charge in [-0.05, 0) is 74.6 Å². The number of pyridine rings is 1. The van der Waals surface area contributed by atoms with Gasteiger partial charge < -0.3 is 5.32 Å². The molecule has 4 atom stereocenters. The second kappa shape index (κ2) is 6.91. The van der Waals surface area contributed by atoms with E-state index in [9.17, 15) is 0 Å². The highest BCUT2D eigenvalue weighted by atomic mass is 14.9. The highest BCUT2D eigenvalue weighted by molar-refractivity contribution is 5.27. The van der Waals surface area contributed by atoms with Crippen LogP contribution in [0.15, 0.2) is 18.3 Å². The van der Waals surface area contributed by atoms with E-state index in [-0.39, 0.29) is 0 Å². The summed E-state index contributed by atoms with van der Waals surface area (Å²) in [5.74, 6) is 3.28. The second-order valence-corrected chi connectivity index (χ2v) is 7.20. The standard InChI is InChI=1S/C19H30N2/c1-3-20-13-16-10-9-14(2)12-18(16)17-8-4-6-15-7-5-11-21-19(15)17/h5,7,11,14,16-18,20H,3-4,6,8-10,12-13H2,1-2H3. The molecule has 0 radical (unpaired) electrons. The molecule has 2 aliphatic carbocycles.